The fourth-order valence-corrected chi connectivity index (χ4v) is 1.18. The first kappa shape index (κ1) is 9.59. The smallest absolute Gasteiger partial charge is 0.119 e. The molecule has 0 fully saturated rings. The van der Waals surface area contributed by atoms with Gasteiger partial charge in [0.15, 0.2) is 0 Å². The van der Waals surface area contributed by atoms with E-state index in [4.69, 9.17) is 4.74 Å². The third-order valence-electron chi connectivity index (χ3n) is 1.54. The van der Waals surface area contributed by atoms with Gasteiger partial charge in [0, 0.05) is 5.33 Å². The lowest BCUT2D eigenvalue weighted by atomic mass is 10.2. The molecule has 1 nitrogen and oxygen atoms in total. The molecule has 0 heterocycles. The number of aryl methyl sites for hydroxylation is 1. The standard InChI is InChI=1S/C10H13BrO/c1-9-4-2-5-10(8-9)12-7-3-6-11/h2,4-5,8H,3,6-7H2,1H3. The first-order valence-corrected chi connectivity index (χ1v) is 5.20. The highest BCUT2D eigenvalue weighted by Crippen LogP contribution is 2.12. The van der Waals surface area contributed by atoms with Crippen molar-refractivity contribution in [1.29, 1.82) is 0 Å². The second-order valence-corrected chi connectivity index (χ2v) is 3.50. The maximum absolute atomic E-state index is 5.50. The molecule has 1 rings (SSSR count). The van der Waals surface area contributed by atoms with E-state index >= 15 is 0 Å². The molecule has 2 heteroatoms. The van der Waals surface area contributed by atoms with Crippen LogP contribution in [0.3, 0.4) is 0 Å². The van der Waals surface area contributed by atoms with Gasteiger partial charge in [0.05, 0.1) is 6.61 Å². The maximum Gasteiger partial charge on any atom is 0.119 e. The van der Waals surface area contributed by atoms with Gasteiger partial charge in [-0.15, -0.1) is 0 Å². The summed E-state index contributed by atoms with van der Waals surface area (Å²) in [7, 11) is 0. The van der Waals surface area contributed by atoms with Crippen LogP contribution in [0.1, 0.15) is 12.0 Å². The van der Waals surface area contributed by atoms with Crippen LogP contribution < -0.4 is 4.74 Å². The molecule has 12 heavy (non-hydrogen) atoms. The highest BCUT2D eigenvalue weighted by atomic mass is 79.9. The van der Waals surface area contributed by atoms with Gasteiger partial charge < -0.3 is 4.74 Å². The summed E-state index contributed by atoms with van der Waals surface area (Å²) in [5.74, 6) is 0.968. The molecule has 0 aliphatic carbocycles. The summed E-state index contributed by atoms with van der Waals surface area (Å²) in [4.78, 5) is 0. The largest absolute Gasteiger partial charge is 0.494 e. The number of ether oxygens (including phenoxy) is 1. The molecule has 0 aliphatic rings. The van der Waals surface area contributed by atoms with E-state index in [1.165, 1.54) is 5.56 Å². The molecular weight excluding hydrogens is 216 g/mol. The molecule has 0 N–H and O–H groups in total. The Kier molecular flexibility index (Phi) is 4.15. The fraction of sp³-hybridized carbons (Fsp3) is 0.400. The highest BCUT2D eigenvalue weighted by molar-refractivity contribution is 9.09. The molecule has 0 saturated carbocycles. The van der Waals surface area contributed by atoms with Crippen molar-refractivity contribution in [2.45, 2.75) is 13.3 Å². The van der Waals surface area contributed by atoms with Crippen LogP contribution in [0, 0.1) is 6.92 Å². The van der Waals surface area contributed by atoms with E-state index in [-0.39, 0.29) is 0 Å². The van der Waals surface area contributed by atoms with Crippen molar-refractivity contribution in [2.75, 3.05) is 11.9 Å². The number of benzene rings is 1. The summed E-state index contributed by atoms with van der Waals surface area (Å²) >= 11 is 3.36. The van der Waals surface area contributed by atoms with E-state index in [0.717, 1.165) is 24.1 Å². The molecule has 0 bridgehead atoms. The quantitative estimate of drug-likeness (QED) is 0.569. The number of alkyl halides is 1. The molecule has 0 aromatic heterocycles. The molecule has 0 atom stereocenters. The Hall–Kier alpha value is -0.500. The molecule has 0 saturated heterocycles. The Morgan fingerprint density at radius 3 is 2.92 bits per heavy atom. The van der Waals surface area contributed by atoms with Gasteiger partial charge in [-0.1, -0.05) is 28.1 Å². The van der Waals surface area contributed by atoms with E-state index in [1.807, 2.05) is 18.2 Å². The molecule has 1 aromatic carbocycles. The summed E-state index contributed by atoms with van der Waals surface area (Å²) in [5, 5.41) is 0.999. The van der Waals surface area contributed by atoms with Crippen LogP contribution in [0.4, 0.5) is 0 Å². The van der Waals surface area contributed by atoms with E-state index in [9.17, 15) is 0 Å². The highest BCUT2D eigenvalue weighted by Gasteiger charge is 1.92. The van der Waals surface area contributed by atoms with Crippen molar-refractivity contribution in [1.82, 2.24) is 0 Å². The van der Waals surface area contributed by atoms with Crippen molar-refractivity contribution in [2.24, 2.45) is 0 Å². The molecule has 0 radical (unpaired) electrons. The van der Waals surface area contributed by atoms with Gasteiger partial charge in [0.25, 0.3) is 0 Å². The topological polar surface area (TPSA) is 9.23 Å². The van der Waals surface area contributed by atoms with E-state index in [1.54, 1.807) is 0 Å². The van der Waals surface area contributed by atoms with Crippen LogP contribution in [-0.4, -0.2) is 11.9 Å². The van der Waals surface area contributed by atoms with Crippen molar-refractivity contribution < 1.29 is 4.74 Å². The Labute approximate surface area is 81.9 Å². The molecule has 0 amide bonds. The average molecular weight is 229 g/mol. The lowest BCUT2D eigenvalue weighted by Gasteiger charge is -2.04. The fourth-order valence-electron chi connectivity index (χ4n) is 0.950. The predicted octanol–water partition coefficient (Wildman–Crippen LogP) is 3.16. The van der Waals surface area contributed by atoms with Crippen molar-refractivity contribution in [3.8, 4) is 5.75 Å². The Balaban J connectivity index is 2.41. The first-order chi connectivity index (χ1) is 5.83. The summed E-state index contributed by atoms with van der Waals surface area (Å²) in [6.45, 7) is 2.85. The van der Waals surface area contributed by atoms with Crippen LogP contribution in [0.15, 0.2) is 24.3 Å². The SMILES string of the molecule is Cc1cccc(OCCCBr)c1. The maximum atomic E-state index is 5.50. The zero-order valence-corrected chi connectivity index (χ0v) is 8.80. The van der Waals surface area contributed by atoms with Gasteiger partial charge in [-0.3, -0.25) is 0 Å². The minimum absolute atomic E-state index is 0.786. The average Bonchev–Trinajstić information content (AvgIpc) is 2.05. The second kappa shape index (κ2) is 5.20. The lowest BCUT2D eigenvalue weighted by molar-refractivity contribution is 0.319. The third kappa shape index (κ3) is 3.26. The van der Waals surface area contributed by atoms with E-state index in [0.29, 0.717) is 0 Å². The first-order valence-electron chi connectivity index (χ1n) is 4.08. The molecule has 0 spiro atoms. The van der Waals surface area contributed by atoms with Crippen LogP contribution >= 0.6 is 15.9 Å². The van der Waals surface area contributed by atoms with Gasteiger partial charge >= 0.3 is 0 Å². The van der Waals surface area contributed by atoms with Crippen molar-refractivity contribution in [3.63, 3.8) is 0 Å². The van der Waals surface area contributed by atoms with Crippen LogP contribution in [0.2, 0.25) is 0 Å². The Bertz CT molecular complexity index is 235. The monoisotopic (exact) mass is 228 g/mol. The summed E-state index contributed by atoms with van der Waals surface area (Å²) < 4.78 is 5.50. The van der Waals surface area contributed by atoms with Crippen molar-refractivity contribution in [3.05, 3.63) is 29.8 Å². The molecule has 1 aromatic rings. The molecule has 0 unspecified atom stereocenters. The van der Waals surface area contributed by atoms with Gasteiger partial charge in [-0.05, 0) is 31.0 Å². The van der Waals surface area contributed by atoms with Gasteiger partial charge in [-0.25, -0.2) is 0 Å². The lowest BCUT2D eigenvalue weighted by Crippen LogP contribution is -1.97. The van der Waals surface area contributed by atoms with Crippen LogP contribution in [-0.2, 0) is 0 Å². The molecule has 66 valence electrons. The minimum atomic E-state index is 0.786. The van der Waals surface area contributed by atoms with E-state index in [2.05, 4.69) is 28.9 Å². The normalized spacial score (nSPS) is 9.83. The second-order valence-electron chi connectivity index (χ2n) is 2.71. The summed E-state index contributed by atoms with van der Waals surface area (Å²) in [6, 6.07) is 8.12. The number of halogens is 1. The predicted molar refractivity (Wildman–Crippen MR) is 55.1 cm³/mol. The van der Waals surface area contributed by atoms with E-state index < -0.39 is 0 Å². The third-order valence-corrected chi connectivity index (χ3v) is 2.10. The zero-order valence-electron chi connectivity index (χ0n) is 7.22. The Morgan fingerprint density at radius 2 is 2.25 bits per heavy atom. The van der Waals surface area contributed by atoms with Gasteiger partial charge in [-0.2, -0.15) is 0 Å². The van der Waals surface area contributed by atoms with Crippen LogP contribution in [0.5, 0.6) is 5.75 Å². The summed E-state index contributed by atoms with van der Waals surface area (Å²) in [5.41, 5.74) is 1.24. The summed E-state index contributed by atoms with van der Waals surface area (Å²) in [6.07, 6.45) is 1.05. The number of rotatable bonds is 4. The van der Waals surface area contributed by atoms with Gasteiger partial charge in [0.1, 0.15) is 5.75 Å². The van der Waals surface area contributed by atoms with Crippen LogP contribution in [0.25, 0.3) is 0 Å². The van der Waals surface area contributed by atoms with Crippen molar-refractivity contribution >= 4 is 15.9 Å². The Morgan fingerprint density at radius 1 is 1.42 bits per heavy atom. The van der Waals surface area contributed by atoms with Gasteiger partial charge in [0.2, 0.25) is 0 Å². The zero-order chi connectivity index (χ0) is 8.81. The number of hydrogen-bond acceptors (Lipinski definition) is 1. The minimum Gasteiger partial charge on any atom is -0.494 e. The molecular formula is C10H13BrO. The molecule has 0 aliphatic heterocycles. The number of hydrogen-bond donors (Lipinski definition) is 0.